The molecular weight excluding hydrogens is 297 g/mol. The average Bonchev–Trinajstić information content (AvgIpc) is 2.90. The molecule has 3 rings (SSSR count). The highest BCUT2D eigenvalue weighted by atomic mass is 19.1. The number of nitrogens with one attached hydrogen (secondary N) is 1. The molecule has 6 heteroatoms. The second-order valence-corrected chi connectivity index (χ2v) is 5.83. The SMILES string of the molecule is C.COc1cc2ncn(CCC[C@H]3NCCC[C@@H]3O)c2cc1F. The van der Waals surface area contributed by atoms with Crippen molar-refractivity contribution < 1.29 is 14.2 Å². The highest BCUT2D eigenvalue weighted by molar-refractivity contribution is 5.77. The van der Waals surface area contributed by atoms with Gasteiger partial charge < -0.3 is 19.7 Å². The number of aliphatic hydroxyl groups excluding tert-OH is 1. The monoisotopic (exact) mass is 323 g/mol. The zero-order valence-electron chi connectivity index (χ0n) is 12.8. The van der Waals surface area contributed by atoms with Crippen molar-refractivity contribution in [2.75, 3.05) is 13.7 Å². The molecule has 2 heterocycles. The van der Waals surface area contributed by atoms with Gasteiger partial charge in [-0.3, -0.25) is 0 Å². The van der Waals surface area contributed by atoms with Gasteiger partial charge in [-0.25, -0.2) is 9.37 Å². The second kappa shape index (κ2) is 7.75. The molecule has 0 amide bonds. The van der Waals surface area contributed by atoms with E-state index in [-0.39, 0.29) is 31.1 Å². The Labute approximate surface area is 136 Å². The van der Waals surface area contributed by atoms with Crippen LogP contribution in [0.15, 0.2) is 18.5 Å². The lowest BCUT2D eigenvalue weighted by Gasteiger charge is -2.29. The standard InChI is InChI=1S/C16H22FN3O2.CH4/c1-22-16-9-13-14(8-11(16)17)20(10-19-13)7-3-4-12-15(21)5-2-6-18-12;/h8-10,12,15,18,21H,2-7H2,1H3;1H4/t12-,15+;/m1./s1. The largest absolute Gasteiger partial charge is 0.494 e. The molecule has 0 aliphatic carbocycles. The summed E-state index contributed by atoms with van der Waals surface area (Å²) in [5, 5.41) is 13.3. The molecule has 0 radical (unpaired) electrons. The Bertz CT molecular complexity index is 644. The van der Waals surface area contributed by atoms with E-state index in [0.29, 0.717) is 0 Å². The summed E-state index contributed by atoms with van der Waals surface area (Å²) >= 11 is 0. The van der Waals surface area contributed by atoms with E-state index in [0.717, 1.165) is 49.8 Å². The molecule has 2 N–H and O–H groups in total. The van der Waals surface area contributed by atoms with Gasteiger partial charge in [0.25, 0.3) is 0 Å². The van der Waals surface area contributed by atoms with Crippen molar-refractivity contribution in [1.29, 1.82) is 0 Å². The predicted molar refractivity (Wildman–Crippen MR) is 89.2 cm³/mol. The van der Waals surface area contributed by atoms with E-state index in [4.69, 9.17) is 4.74 Å². The number of imidazole rings is 1. The molecule has 1 aliphatic heterocycles. The minimum absolute atomic E-state index is 0. The maximum absolute atomic E-state index is 13.8. The number of aliphatic hydroxyl groups is 1. The Morgan fingerprint density at radius 1 is 1.48 bits per heavy atom. The highest BCUT2D eigenvalue weighted by Crippen LogP contribution is 2.24. The molecule has 0 unspecified atom stereocenters. The van der Waals surface area contributed by atoms with Crippen molar-refractivity contribution in [1.82, 2.24) is 14.9 Å². The van der Waals surface area contributed by atoms with Gasteiger partial charge >= 0.3 is 0 Å². The molecule has 1 aromatic heterocycles. The van der Waals surface area contributed by atoms with E-state index in [2.05, 4.69) is 10.3 Å². The van der Waals surface area contributed by atoms with Crippen LogP contribution in [0.1, 0.15) is 33.1 Å². The van der Waals surface area contributed by atoms with Gasteiger partial charge in [0, 0.05) is 24.7 Å². The lowest BCUT2D eigenvalue weighted by atomic mass is 9.97. The predicted octanol–water partition coefficient (Wildman–Crippen LogP) is 2.71. The third kappa shape index (κ3) is 3.82. The molecule has 23 heavy (non-hydrogen) atoms. The molecule has 5 nitrogen and oxygen atoms in total. The van der Waals surface area contributed by atoms with Gasteiger partial charge in [-0.2, -0.15) is 0 Å². The van der Waals surface area contributed by atoms with Gasteiger partial charge in [0.2, 0.25) is 0 Å². The first-order valence-corrected chi connectivity index (χ1v) is 7.79. The first-order valence-electron chi connectivity index (χ1n) is 7.79. The number of hydrogen-bond acceptors (Lipinski definition) is 4. The summed E-state index contributed by atoms with van der Waals surface area (Å²) in [5.74, 6) is -0.159. The number of piperidine rings is 1. The molecule has 0 spiro atoms. The zero-order valence-corrected chi connectivity index (χ0v) is 12.8. The van der Waals surface area contributed by atoms with Gasteiger partial charge in [0.05, 0.1) is 30.6 Å². The second-order valence-electron chi connectivity index (χ2n) is 5.83. The molecule has 0 bridgehead atoms. The number of hydrogen-bond donors (Lipinski definition) is 2. The van der Waals surface area contributed by atoms with Crippen molar-refractivity contribution in [2.45, 2.75) is 51.8 Å². The number of benzene rings is 1. The molecule has 128 valence electrons. The maximum Gasteiger partial charge on any atom is 0.167 e. The Morgan fingerprint density at radius 2 is 2.30 bits per heavy atom. The van der Waals surface area contributed by atoms with Gasteiger partial charge in [0.15, 0.2) is 11.6 Å². The third-order valence-electron chi connectivity index (χ3n) is 4.36. The first kappa shape index (κ1) is 17.7. The van der Waals surface area contributed by atoms with Gasteiger partial charge in [-0.05, 0) is 32.2 Å². The fraction of sp³-hybridized carbons (Fsp3) is 0.588. The van der Waals surface area contributed by atoms with E-state index >= 15 is 0 Å². The van der Waals surface area contributed by atoms with Crippen LogP contribution in [0, 0.1) is 5.82 Å². The summed E-state index contributed by atoms with van der Waals surface area (Å²) in [7, 11) is 1.45. The highest BCUT2D eigenvalue weighted by Gasteiger charge is 2.21. The molecular formula is C17H26FN3O2. The van der Waals surface area contributed by atoms with Crippen LogP contribution >= 0.6 is 0 Å². The lowest BCUT2D eigenvalue weighted by molar-refractivity contribution is 0.0909. The van der Waals surface area contributed by atoms with Crippen LogP contribution in [0.25, 0.3) is 11.0 Å². The quantitative estimate of drug-likeness (QED) is 0.888. The van der Waals surface area contributed by atoms with Crippen molar-refractivity contribution in [3.8, 4) is 5.75 Å². The molecule has 1 aromatic carbocycles. The minimum Gasteiger partial charge on any atom is -0.494 e. The average molecular weight is 323 g/mol. The van der Waals surface area contributed by atoms with E-state index in [9.17, 15) is 9.50 Å². The molecule has 2 atom stereocenters. The lowest BCUT2D eigenvalue weighted by Crippen LogP contribution is -2.44. The number of rotatable bonds is 5. The number of halogens is 1. The number of nitrogens with zero attached hydrogens (tertiary/aromatic N) is 2. The van der Waals surface area contributed by atoms with Crippen LogP contribution in [-0.2, 0) is 6.54 Å². The summed E-state index contributed by atoms with van der Waals surface area (Å²) in [6.07, 6.45) is 5.19. The van der Waals surface area contributed by atoms with Crippen LogP contribution in [-0.4, -0.2) is 40.5 Å². The fourth-order valence-corrected chi connectivity index (χ4v) is 3.11. The Kier molecular flexibility index (Phi) is 5.96. The summed E-state index contributed by atoms with van der Waals surface area (Å²) in [5.41, 5.74) is 1.50. The molecule has 0 saturated carbocycles. The van der Waals surface area contributed by atoms with Crippen molar-refractivity contribution >= 4 is 11.0 Å². The number of aryl methyl sites for hydroxylation is 1. The Hall–Kier alpha value is -1.66. The summed E-state index contributed by atoms with van der Waals surface area (Å²) in [6, 6.07) is 3.25. The van der Waals surface area contributed by atoms with Crippen molar-refractivity contribution in [3.05, 3.63) is 24.3 Å². The van der Waals surface area contributed by atoms with E-state index in [1.165, 1.54) is 13.2 Å². The third-order valence-corrected chi connectivity index (χ3v) is 4.36. The molecule has 1 aliphatic rings. The maximum atomic E-state index is 13.8. The smallest absolute Gasteiger partial charge is 0.167 e. The zero-order chi connectivity index (χ0) is 15.5. The normalized spacial score (nSPS) is 21.2. The number of methoxy groups -OCH3 is 1. The Balaban J connectivity index is 0.00000192. The van der Waals surface area contributed by atoms with E-state index in [1.54, 1.807) is 12.4 Å². The minimum atomic E-state index is -0.374. The van der Waals surface area contributed by atoms with Crippen LogP contribution in [0.2, 0.25) is 0 Å². The number of ether oxygens (including phenoxy) is 1. The molecule has 2 aromatic rings. The fourth-order valence-electron chi connectivity index (χ4n) is 3.11. The Morgan fingerprint density at radius 3 is 3.04 bits per heavy atom. The van der Waals surface area contributed by atoms with Crippen LogP contribution in [0.4, 0.5) is 4.39 Å². The van der Waals surface area contributed by atoms with E-state index in [1.807, 2.05) is 4.57 Å². The number of fused-ring (bicyclic) bond motifs is 1. The molecule has 1 fully saturated rings. The van der Waals surface area contributed by atoms with Gasteiger partial charge in [-0.1, -0.05) is 7.43 Å². The summed E-state index contributed by atoms with van der Waals surface area (Å²) in [6.45, 7) is 1.73. The summed E-state index contributed by atoms with van der Waals surface area (Å²) < 4.78 is 20.8. The van der Waals surface area contributed by atoms with Gasteiger partial charge in [-0.15, -0.1) is 0 Å². The molecule has 1 saturated heterocycles. The summed E-state index contributed by atoms with van der Waals surface area (Å²) in [4.78, 5) is 4.30. The van der Waals surface area contributed by atoms with Crippen LogP contribution in [0.5, 0.6) is 5.75 Å². The van der Waals surface area contributed by atoms with Crippen LogP contribution < -0.4 is 10.1 Å². The first-order chi connectivity index (χ1) is 10.7. The van der Waals surface area contributed by atoms with Gasteiger partial charge in [0.1, 0.15) is 0 Å². The van der Waals surface area contributed by atoms with Crippen LogP contribution in [0.3, 0.4) is 0 Å². The van der Waals surface area contributed by atoms with E-state index < -0.39 is 0 Å². The number of aromatic nitrogens is 2. The van der Waals surface area contributed by atoms with Crippen molar-refractivity contribution in [2.24, 2.45) is 0 Å². The topological polar surface area (TPSA) is 59.3 Å². The van der Waals surface area contributed by atoms with Crippen molar-refractivity contribution in [3.63, 3.8) is 0 Å².